The van der Waals surface area contributed by atoms with Crippen LogP contribution >= 0.6 is 27.5 Å². The molecule has 2 rings (SSSR count). The quantitative estimate of drug-likeness (QED) is 0.665. The number of para-hydroxylation sites is 1. The van der Waals surface area contributed by atoms with E-state index in [4.69, 9.17) is 11.6 Å². The van der Waals surface area contributed by atoms with Crippen LogP contribution in [-0.4, -0.2) is 9.97 Å². The molecule has 0 spiro atoms. The number of benzene rings is 1. The molecule has 4 heteroatoms. The second-order valence-electron chi connectivity index (χ2n) is 2.30. The monoisotopic (exact) mass is 242 g/mol. The maximum Gasteiger partial charge on any atom is 0.117 e. The predicted molar refractivity (Wildman–Crippen MR) is 52.2 cm³/mol. The van der Waals surface area contributed by atoms with E-state index >= 15 is 0 Å². The minimum absolute atomic E-state index is 0.649. The fourth-order valence-electron chi connectivity index (χ4n) is 1.02. The standard InChI is InChI=1S/C8H4BrClN2/c9-8-5-2-1-3-6(10)7(5)11-4-12-8/h1-4H. The van der Waals surface area contributed by atoms with Crippen LogP contribution in [0, 0.1) is 0 Å². The third-order valence-corrected chi connectivity index (χ3v) is 2.50. The average molecular weight is 243 g/mol. The van der Waals surface area contributed by atoms with Gasteiger partial charge in [0.1, 0.15) is 10.9 Å². The summed E-state index contributed by atoms with van der Waals surface area (Å²) in [6.45, 7) is 0. The molecule has 60 valence electrons. The minimum atomic E-state index is 0.649. The van der Waals surface area contributed by atoms with E-state index in [2.05, 4.69) is 25.9 Å². The van der Waals surface area contributed by atoms with E-state index in [1.54, 1.807) is 0 Å². The van der Waals surface area contributed by atoms with E-state index in [1.165, 1.54) is 6.33 Å². The first kappa shape index (κ1) is 7.95. The van der Waals surface area contributed by atoms with Gasteiger partial charge in [-0.2, -0.15) is 0 Å². The first-order chi connectivity index (χ1) is 5.79. The summed E-state index contributed by atoms with van der Waals surface area (Å²) >= 11 is 9.24. The number of rotatable bonds is 0. The molecule has 0 atom stereocenters. The molecule has 2 aromatic rings. The first-order valence-corrected chi connectivity index (χ1v) is 4.51. The van der Waals surface area contributed by atoms with E-state index in [0.717, 1.165) is 15.5 Å². The lowest BCUT2D eigenvalue weighted by Gasteiger charge is -1.98. The molecule has 0 aliphatic rings. The molecule has 0 fully saturated rings. The Hall–Kier alpha value is -0.670. The molecule has 0 amide bonds. The Kier molecular flexibility index (Phi) is 1.98. The Morgan fingerprint density at radius 1 is 1.25 bits per heavy atom. The van der Waals surface area contributed by atoms with Gasteiger partial charge in [-0.25, -0.2) is 9.97 Å². The average Bonchev–Trinajstić information content (AvgIpc) is 2.07. The van der Waals surface area contributed by atoms with Crippen LogP contribution in [0.2, 0.25) is 5.02 Å². The van der Waals surface area contributed by atoms with Gasteiger partial charge in [-0.05, 0) is 28.1 Å². The van der Waals surface area contributed by atoms with Gasteiger partial charge in [0.05, 0.1) is 10.5 Å². The van der Waals surface area contributed by atoms with E-state index in [9.17, 15) is 0 Å². The van der Waals surface area contributed by atoms with Gasteiger partial charge < -0.3 is 0 Å². The Morgan fingerprint density at radius 2 is 2.08 bits per heavy atom. The molecule has 12 heavy (non-hydrogen) atoms. The van der Waals surface area contributed by atoms with E-state index < -0.39 is 0 Å². The van der Waals surface area contributed by atoms with Gasteiger partial charge >= 0.3 is 0 Å². The molecule has 0 unspecified atom stereocenters. The van der Waals surface area contributed by atoms with Gasteiger partial charge in [0.2, 0.25) is 0 Å². The van der Waals surface area contributed by atoms with Gasteiger partial charge in [-0.3, -0.25) is 0 Å². The third kappa shape index (κ3) is 1.19. The Balaban J connectivity index is 2.94. The van der Waals surface area contributed by atoms with Crippen molar-refractivity contribution in [1.82, 2.24) is 9.97 Å². The highest BCUT2D eigenvalue weighted by molar-refractivity contribution is 9.10. The zero-order valence-electron chi connectivity index (χ0n) is 5.96. The largest absolute Gasteiger partial charge is 0.235 e. The summed E-state index contributed by atoms with van der Waals surface area (Å²) in [6.07, 6.45) is 1.48. The minimum Gasteiger partial charge on any atom is -0.235 e. The Bertz CT molecular complexity index is 389. The van der Waals surface area contributed by atoms with Crippen molar-refractivity contribution < 1.29 is 0 Å². The van der Waals surface area contributed by atoms with Crippen LogP contribution in [0.5, 0.6) is 0 Å². The smallest absolute Gasteiger partial charge is 0.117 e. The fourth-order valence-corrected chi connectivity index (χ4v) is 1.65. The Labute approximate surface area is 82.7 Å². The Morgan fingerprint density at radius 3 is 2.83 bits per heavy atom. The topological polar surface area (TPSA) is 25.8 Å². The van der Waals surface area contributed by atoms with Crippen LogP contribution in [0.15, 0.2) is 29.1 Å². The number of hydrogen-bond donors (Lipinski definition) is 0. The van der Waals surface area contributed by atoms with Crippen molar-refractivity contribution in [3.8, 4) is 0 Å². The summed E-state index contributed by atoms with van der Waals surface area (Å²) in [6, 6.07) is 5.60. The summed E-state index contributed by atoms with van der Waals surface area (Å²) < 4.78 is 0.773. The SMILES string of the molecule is Clc1cccc2c(Br)ncnc12. The molecule has 1 aromatic heterocycles. The number of aromatic nitrogens is 2. The highest BCUT2D eigenvalue weighted by atomic mass is 79.9. The summed E-state index contributed by atoms with van der Waals surface area (Å²) in [4.78, 5) is 8.06. The van der Waals surface area contributed by atoms with Crippen molar-refractivity contribution in [2.24, 2.45) is 0 Å². The van der Waals surface area contributed by atoms with Crippen LogP contribution in [0.4, 0.5) is 0 Å². The second-order valence-corrected chi connectivity index (χ2v) is 3.46. The number of fused-ring (bicyclic) bond motifs is 1. The van der Waals surface area contributed by atoms with Gasteiger partial charge in [-0.15, -0.1) is 0 Å². The molecular formula is C8H4BrClN2. The maximum atomic E-state index is 5.92. The molecule has 0 radical (unpaired) electrons. The van der Waals surface area contributed by atoms with E-state index in [1.807, 2.05) is 18.2 Å². The lowest BCUT2D eigenvalue weighted by molar-refractivity contribution is 1.19. The molecule has 1 aromatic carbocycles. The van der Waals surface area contributed by atoms with Crippen molar-refractivity contribution >= 4 is 38.4 Å². The highest BCUT2D eigenvalue weighted by Crippen LogP contribution is 2.24. The summed E-state index contributed by atoms with van der Waals surface area (Å²) in [7, 11) is 0. The van der Waals surface area contributed by atoms with Crippen molar-refractivity contribution in [2.45, 2.75) is 0 Å². The highest BCUT2D eigenvalue weighted by Gasteiger charge is 2.02. The lowest BCUT2D eigenvalue weighted by atomic mass is 10.2. The van der Waals surface area contributed by atoms with Gasteiger partial charge in [0, 0.05) is 5.39 Å². The van der Waals surface area contributed by atoms with E-state index in [-0.39, 0.29) is 0 Å². The predicted octanol–water partition coefficient (Wildman–Crippen LogP) is 3.05. The zero-order valence-corrected chi connectivity index (χ0v) is 8.30. The third-order valence-electron chi connectivity index (χ3n) is 1.57. The van der Waals surface area contributed by atoms with Crippen molar-refractivity contribution in [1.29, 1.82) is 0 Å². The lowest BCUT2D eigenvalue weighted by Crippen LogP contribution is -1.83. The van der Waals surface area contributed by atoms with Crippen LogP contribution < -0.4 is 0 Å². The molecule has 0 N–H and O–H groups in total. The first-order valence-electron chi connectivity index (χ1n) is 3.34. The zero-order chi connectivity index (χ0) is 8.55. The van der Waals surface area contributed by atoms with Crippen molar-refractivity contribution in [3.63, 3.8) is 0 Å². The van der Waals surface area contributed by atoms with Crippen LogP contribution in [0.1, 0.15) is 0 Å². The molecule has 0 bridgehead atoms. The van der Waals surface area contributed by atoms with Crippen LogP contribution in [0.25, 0.3) is 10.9 Å². The molecule has 2 nitrogen and oxygen atoms in total. The summed E-state index contributed by atoms with van der Waals surface area (Å²) in [5, 5.41) is 1.58. The second kappa shape index (κ2) is 2.99. The molecule has 0 aliphatic carbocycles. The normalized spacial score (nSPS) is 10.5. The molecule has 0 saturated heterocycles. The van der Waals surface area contributed by atoms with Crippen molar-refractivity contribution in [3.05, 3.63) is 34.2 Å². The maximum absolute atomic E-state index is 5.92. The summed E-state index contributed by atoms with van der Waals surface area (Å²) in [5.74, 6) is 0. The number of hydrogen-bond acceptors (Lipinski definition) is 2. The van der Waals surface area contributed by atoms with Gasteiger partial charge in [-0.1, -0.05) is 17.7 Å². The van der Waals surface area contributed by atoms with Gasteiger partial charge in [0.25, 0.3) is 0 Å². The molecule has 0 aliphatic heterocycles. The molecular weight excluding hydrogens is 239 g/mol. The van der Waals surface area contributed by atoms with E-state index in [0.29, 0.717) is 5.02 Å². The van der Waals surface area contributed by atoms with Crippen LogP contribution in [-0.2, 0) is 0 Å². The molecule has 1 heterocycles. The molecule has 0 saturated carbocycles. The fraction of sp³-hybridized carbons (Fsp3) is 0. The van der Waals surface area contributed by atoms with Gasteiger partial charge in [0.15, 0.2) is 0 Å². The van der Waals surface area contributed by atoms with Crippen LogP contribution in [0.3, 0.4) is 0 Å². The number of nitrogens with zero attached hydrogens (tertiary/aromatic N) is 2. The summed E-state index contributed by atoms with van der Waals surface area (Å²) in [5.41, 5.74) is 0.779. The number of halogens is 2. The van der Waals surface area contributed by atoms with Crippen molar-refractivity contribution in [2.75, 3.05) is 0 Å².